The Balaban J connectivity index is 1.20. The van der Waals surface area contributed by atoms with Crippen LogP contribution in [0.2, 0.25) is 0 Å². The molecule has 0 radical (unpaired) electrons. The predicted octanol–water partition coefficient (Wildman–Crippen LogP) is 2.12. The van der Waals surface area contributed by atoms with Crippen LogP contribution in [-0.2, 0) is 4.74 Å². The molecule has 7 heteroatoms. The van der Waals surface area contributed by atoms with Crippen LogP contribution in [-0.4, -0.2) is 85.3 Å². The molecule has 4 aliphatic rings. The van der Waals surface area contributed by atoms with Crippen LogP contribution < -0.4 is 5.32 Å². The van der Waals surface area contributed by atoms with Crippen LogP contribution >= 0.6 is 0 Å². The average molecular weight is 379 g/mol. The summed E-state index contributed by atoms with van der Waals surface area (Å²) in [5.74, 6) is 0.651. The van der Waals surface area contributed by atoms with Gasteiger partial charge in [-0.25, -0.2) is 9.59 Å². The summed E-state index contributed by atoms with van der Waals surface area (Å²) >= 11 is 0. The van der Waals surface area contributed by atoms with Gasteiger partial charge >= 0.3 is 12.1 Å². The number of ether oxygens (including phenoxy) is 1. The van der Waals surface area contributed by atoms with Gasteiger partial charge < -0.3 is 24.8 Å². The fraction of sp³-hybridized carbons (Fsp3) is 0.900. The Morgan fingerprint density at radius 1 is 1.11 bits per heavy atom. The number of carbonyl (C=O) groups is 2. The summed E-state index contributed by atoms with van der Waals surface area (Å²) in [4.78, 5) is 30.4. The fourth-order valence-corrected chi connectivity index (χ4v) is 5.91. The van der Waals surface area contributed by atoms with Crippen molar-refractivity contribution in [1.29, 1.82) is 0 Å². The van der Waals surface area contributed by atoms with E-state index in [1.165, 1.54) is 25.7 Å². The summed E-state index contributed by atoms with van der Waals surface area (Å²) in [6, 6.07) is 1.22. The molecule has 3 aliphatic heterocycles. The highest BCUT2D eigenvalue weighted by Crippen LogP contribution is 2.51. The SMILES string of the molecule is CCOC(=O)N1CC2(CC(N3CCC([C@@H]4CCCN4C(=O)NC)CC3)C2)C1. The van der Waals surface area contributed by atoms with Crippen molar-refractivity contribution in [3.8, 4) is 0 Å². The van der Waals surface area contributed by atoms with Crippen LogP contribution in [0, 0.1) is 11.3 Å². The number of nitrogens with zero attached hydrogens (tertiary/aromatic N) is 3. The number of piperidine rings is 1. The van der Waals surface area contributed by atoms with Crippen molar-refractivity contribution in [2.24, 2.45) is 11.3 Å². The number of nitrogens with one attached hydrogen (secondary N) is 1. The molecule has 152 valence electrons. The number of rotatable bonds is 3. The fourth-order valence-electron chi connectivity index (χ4n) is 5.91. The van der Waals surface area contributed by atoms with Gasteiger partial charge in [-0.3, -0.25) is 0 Å². The molecule has 0 aromatic carbocycles. The minimum Gasteiger partial charge on any atom is -0.450 e. The maximum Gasteiger partial charge on any atom is 0.409 e. The lowest BCUT2D eigenvalue weighted by Crippen LogP contribution is -2.68. The molecule has 4 rings (SSSR count). The van der Waals surface area contributed by atoms with Crippen molar-refractivity contribution in [1.82, 2.24) is 20.0 Å². The molecule has 3 amide bonds. The van der Waals surface area contributed by atoms with Crippen molar-refractivity contribution in [2.45, 2.75) is 57.5 Å². The van der Waals surface area contributed by atoms with Gasteiger partial charge in [-0.1, -0.05) is 0 Å². The van der Waals surface area contributed by atoms with E-state index < -0.39 is 0 Å². The quantitative estimate of drug-likeness (QED) is 0.817. The first-order valence-electron chi connectivity index (χ1n) is 10.7. The van der Waals surface area contributed by atoms with Crippen molar-refractivity contribution in [3.63, 3.8) is 0 Å². The largest absolute Gasteiger partial charge is 0.450 e. The van der Waals surface area contributed by atoms with Crippen molar-refractivity contribution < 1.29 is 14.3 Å². The van der Waals surface area contributed by atoms with Crippen molar-refractivity contribution in [3.05, 3.63) is 0 Å². The monoisotopic (exact) mass is 378 g/mol. The van der Waals surface area contributed by atoms with Crippen molar-refractivity contribution in [2.75, 3.05) is 46.4 Å². The lowest BCUT2D eigenvalue weighted by molar-refractivity contribution is -0.105. The van der Waals surface area contributed by atoms with E-state index in [9.17, 15) is 9.59 Å². The van der Waals surface area contributed by atoms with Gasteiger partial charge in [0.15, 0.2) is 0 Å². The zero-order valence-corrected chi connectivity index (χ0v) is 16.8. The molecular weight excluding hydrogens is 344 g/mol. The van der Waals surface area contributed by atoms with Crippen LogP contribution in [0.5, 0.6) is 0 Å². The van der Waals surface area contributed by atoms with Crippen LogP contribution in [0.15, 0.2) is 0 Å². The molecule has 0 aromatic heterocycles. The zero-order valence-electron chi connectivity index (χ0n) is 16.8. The molecule has 1 aliphatic carbocycles. The molecule has 27 heavy (non-hydrogen) atoms. The van der Waals surface area contributed by atoms with Gasteiger partial charge in [0.05, 0.1) is 6.61 Å². The minimum atomic E-state index is -0.148. The Bertz CT molecular complexity index is 562. The number of hydrogen-bond donors (Lipinski definition) is 1. The first-order valence-corrected chi connectivity index (χ1v) is 10.7. The molecule has 1 saturated carbocycles. The molecule has 7 nitrogen and oxygen atoms in total. The van der Waals surface area contributed by atoms with Gasteiger partial charge in [0.1, 0.15) is 0 Å². The predicted molar refractivity (Wildman–Crippen MR) is 103 cm³/mol. The lowest BCUT2D eigenvalue weighted by Gasteiger charge is -2.61. The van der Waals surface area contributed by atoms with E-state index in [0.29, 0.717) is 30.0 Å². The van der Waals surface area contributed by atoms with E-state index in [2.05, 4.69) is 15.1 Å². The number of likely N-dealkylation sites (tertiary alicyclic amines) is 3. The number of carbonyl (C=O) groups excluding carboxylic acids is 2. The highest BCUT2D eigenvalue weighted by atomic mass is 16.6. The average Bonchev–Trinajstić information content (AvgIpc) is 3.09. The van der Waals surface area contributed by atoms with Gasteiger partial charge in [0.2, 0.25) is 0 Å². The zero-order chi connectivity index (χ0) is 19.0. The lowest BCUT2D eigenvalue weighted by atomic mass is 9.60. The number of urea groups is 1. The number of amides is 3. The molecule has 1 N–H and O–H groups in total. The Hall–Kier alpha value is -1.50. The summed E-state index contributed by atoms with van der Waals surface area (Å²) in [5.41, 5.74) is 0.371. The summed E-state index contributed by atoms with van der Waals surface area (Å²) in [6.45, 7) is 7.29. The molecule has 0 aromatic rings. The summed E-state index contributed by atoms with van der Waals surface area (Å²) in [6.07, 6.45) is 7.01. The second kappa shape index (κ2) is 7.49. The molecule has 4 fully saturated rings. The first kappa shape index (κ1) is 18.8. The Morgan fingerprint density at radius 2 is 1.81 bits per heavy atom. The second-order valence-electron chi connectivity index (χ2n) is 8.95. The maximum absolute atomic E-state index is 12.1. The smallest absolute Gasteiger partial charge is 0.409 e. The second-order valence-corrected chi connectivity index (χ2v) is 8.95. The molecular formula is C20H34N4O3. The van der Waals surface area contributed by atoms with Gasteiger partial charge in [-0.2, -0.15) is 0 Å². The number of hydrogen-bond acceptors (Lipinski definition) is 4. The normalized spacial score (nSPS) is 28.7. The standard InChI is InChI=1S/C20H34N4O3/c1-3-27-19(26)23-13-20(14-23)11-16(12-20)22-9-6-15(7-10-22)17-5-4-8-24(17)18(25)21-2/h15-17H,3-14H2,1-2H3,(H,21,25)/t17-/m0/s1. The van der Waals surface area contributed by atoms with Crippen LogP contribution in [0.4, 0.5) is 9.59 Å². The first-order chi connectivity index (χ1) is 13.0. The topological polar surface area (TPSA) is 65.1 Å². The molecule has 3 saturated heterocycles. The van der Waals surface area contributed by atoms with Gasteiger partial charge in [0.25, 0.3) is 0 Å². The van der Waals surface area contributed by atoms with Crippen molar-refractivity contribution >= 4 is 12.1 Å². The van der Waals surface area contributed by atoms with Crippen LogP contribution in [0.1, 0.15) is 45.4 Å². The maximum atomic E-state index is 12.1. The van der Waals surface area contributed by atoms with E-state index in [1.54, 1.807) is 7.05 Å². The molecule has 0 unspecified atom stereocenters. The van der Waals surface area contributed by atoms with Gasteiger partial charge in [0, 0.05) is 44.2 Å². The molecule has 1 spiro atoms. The van der Waals surface area contributed by atoms with Gasteiger partial charge in [-0.15, -0.1) is 0 Å². The van der Waals surface area contributed by atoms with Crippen LogP contribution in [0.25, 0.3) is 0 Å². The van der Waals surface area contributed by atoms with Crippen LogP contribution in [0.3, 0.4) is 0 Å². The Labute approximate surface area is 162 Å². The third kappa shape index (κ3) is 3.50. The summed E-state index contributed by atoms with van der Waals surface area (Å²) < 4.78 is 5.09. The summed E-state index contributed by atoms with van der Waals surface area (Å²) in [5, 5.41) is 2.80. The van der Waals surface area contributed by atoms with E-state index in [-0.39, 0.29) is 12.1 Å². The highest BCUT2D eigenvalue weighted by molar-refractivity contribution is 5.74. The molecule has 0 bridgehead atoms. The van der Waals surface area contributed by atoms with E-state index in [0.717, 1.165) is 45.6 Å². The molecule has 1 atom stereocenters. The Morgan fingerprint density at radius 3 is 2.44 bits per heavy atom. The van der Waals surface area contributed by atoms with E-state index in [4.69, 9.17) is 4.74 Å². The third-order valence-corrected chi connectivity index (χ3v) is 7.32. The summed E-state index contributed by atoms with van der Waals surface area (Å²) in [7, 11) is 1.73. The minimum absolute atomic E-state index is 0.0944. The van der Waals surface area contributed by atoms with E-state index in [1.807, 2.05) is 11.8 Å². The van der Waals surface area contributed by atoms with Gasteiger partial charge in [-0.05, 0) is 64.5 Å². The van der Waals surface area contributed by atoms with E-state index >= 15 is 0 Å². The third-order valence-electron chi connectivity index (χ3n) is 7.32. The highest BCUT2D eigenvalue weighted by Gasteiger charge is 2.55. The Kier molecular flexibility index (Phi) is 5.23. The molecule has 3 heterocycles.